The Hall–Kier alpha value is -0.870. The number of amides is 1. The summed E-state index contributed by atoms with van der Waals surface area (Å²) in [6.45, 7) is 3.00. The van der Waals surface area contributed by atoms with Crippen molar-refractivity contribution in [3.63, 3.8) is 0 Å². The Bertz CT molecular complexity index is 250. The molecule has 0 aromatic rings. The van der Waals surface area contributed by atoms with Gasteiger partial charge in [0.1, 0.15) is 0 Å². The summed E-state index contributed by atoms with van der Waals surface area (Å²) >= 11 is 0. The van der Waals surface area contributed by atoms with Crippen molar-refractivity contribution < 1.29 is 9.63 Å². The first-order valence-electron chi connectivity index (χ1n) is 4.56. The van der Waals surface area contributed by atoms with E-state index < -0.39 is 0 Å². The third-order valence-corrected chi connectivity index (χ3v) is 2.63. The van der Waals surface area contributed by atoms with E-state index in [1.54, 1.807) is 0 Å². The number of rotatable bonds is 2. The van der Waals surface area contributed by atoms with Gasteiger partial charge in [0, 0.05) is 18.7 Å². The smallest absolute Gasteiger partial charge is 0.271 e. The lowest BCUT2D eigenvalue weighted by Gasteiger charge is -2.21. The van der Waals surface area contributed by atoms with Crippen LogP contribution in [-0.2, 0) is 9.63 Å². The molecule has 0 radical (unpaired) electrons. The monoisotopic (exact) mass is 182 g/mol. The molecule has 4 nitrogen and oxygen atoms in total. The molecule has 2 aliphatic rings. The van der Waals surface area contributed by atoms with E-state index in [9.17, 15) is 4.79 Å². The second kappa shape index (κ2) is 3.47. The van der Waals surface area contributed by atoms with Crippen molar-refractivity contribution in [3.8, 4) is 0 Å². The molecule has 2 aliphatic heterocycles. The van der Waals surface area contributed by atoms with Gasteiger partial charge >= 0.3 is 0 Å². The van der Waals surface area contributed by atoms with E-state index in [0.29, 0.717) is 5.92 Å². The highest BCUT2D eigenvalue weighted by Crippen LogP contribution is 2.24. The number of hydroxylamine groups is 1. The maximum Gasteiger partial charge on any atom is 0.271 e. The van der Waals surface area contributed by atoms with Crippen molar-refractivity contribution in [1.82, 2.24) is 10.4 Å². The summed E-state index contributed by atoms with van der Waals surface area (Å²) in [5.41, 5.74) is 3.19. The molecule has 0 saturated carbocycles. The molecule has 1 saturated heterocycles. The largest absolute Gasteiger partial charge is 0.298 e. The number of carbonyl (C=O) groups is 1. The third kappa shape index (κ3) is 1.73. The van der Waals surface area contributed by atoms with E-state index in [0.717, 1.165) is 25.2 Å². The van der Waals surface area contributed by atoms with Gasteiger partial charge in [0.2, 0.25) is 0 Å². The third-order valence-electron chi connectivity index (χ3n) is 2.63. The van der Waals surface area contributed by atoms with Crippen LogP contribution in [0.15, 0.2) is 11.6 Å². The van der Waals surface area contributed by atoms with Crippen LogP contribution >= 0.6 is 0 Å². The normalized spacial score (nSPS) is 31.3. The summed E-state index contributed by atoms with van der Waals surface area (Å²) in [6.07, 6.45) is 3.27. The predicted molar refractivity (Wildman–Crippen MR) is 47.8 cm³/mol. The summed E-state index contributed by atoms with van der Waals surface area (Å²) in [4.78, 5) is 18.3. The van der Waals surface area contributed by atoms with Crippen LogP contribution in [0.3, 0.4) is 0 Å². The second-order valence-corrected chi connectivity index (χ2v) is 3.61. The Morgan fingerprint density at radius 1 is 1.77 bits per heavy atom. The van der Waals surface area contributed by atoms with Gasteiger partial charge in [0.25, 0.3) is 5.91 Å². The maximum atomic E-state index is 11.4. The van der Waals surface area contributed by atoms with Crippen molar-refractivity contribution in [1.29, 1.82) is 0 Å². The van der Waals surface area contributed by atoms with Crippen LogP contribution in [0.2, 0.25) is 0 Å². The fourth-order valence-electron chi connectivity index (χ4n) is 2.03. The van der Waals surface area contributed by atoms with Crippen LogP contribution in [0.25, 0.3) is 0 Å². The molecule has 1 amide bonds. The van der Waals surface area contributed by atoms with Gasteiger partial charge in [-0.15, -0.1) is 0 Å². The lowest BCUT2D eigenvalue weighted by Crippen LogP contribution is -2.34. The SMILES string of the molecule is CONC(=O)C1=CC2CCN(C1)C2. The van der Waals surface area contributed by atoms with E-state index in [1.165, 1.54) is 13.5 Å². The van der Waals surface area contributed by atoms with Gasteiger partial charge in [-0.1, -0.05) is 6.08 Å². The van der Waals surface area contributed by atoms with Crippen molar-refractivity contribution in [2.75, 3.05) is 26.7 Å². The summed E-state index contributed by atoms with van der Waals surface area (Å²) < 4.78 is 0. The summed E-state index contributed by atoms with van der Waals surface area (Å²) in [5.74, 6) is 0.477. The Kier molecular flexibility index (Phi) is 2.33. The number of nitrogens with zero attached hydrogens (tertiary/aromatic N) is 1. The van der Waals surface area contributed by atoms with Crippen LogP contribution < -0.4 is 5.48 Å². The number of hydrogen-bond donors (Lipinski definition) is 1. The molecule has 1 fully saturated rings. The van der Waals surface area contributed by atoms with Gasteiger partial charge in [-0.25, -0.2) is 5.48 Å². The zero-order valence-corrected chi connectivity index (χ0v) is 7.75. The molecule has 0 aliphatic carbocycles. The topological polar surface area (TPSA) is 41.6 Å². The van der Waals surface area contributed by atoms with Crippen molar-refractivity contribution in [2.24, 2.45) is 5.92 Å². The Balaban J connectivity index is 2.04. The van der Waals surface area contributed by atoms with E-state index in [4.69, 9.17) is 0 Å². The molecule has 13 heavy (non-hydrogen) atoms. The number of fused-ring (bicyclic) bond motifs is 2. The lowest BCUT2D eigenvalue weighted by molar-refractivity contribution is -0.127. The number of carbonyl (C=O) groups excluding carboxylic acids is 1. The molecule has 2 unspecified atom stereocenters. The molecular weight excluding hydrogens is 168 g/mol. The van der Waals surface area contributed by atoms with E-state index in [2.05, 4.69) is 21.3 Å². The molecule has 0 spiro atoms. The quantitative estimate of drug-likeness (QED) is 0.608. The fraction of sp³-hybridized carbons (Fsp3) is 0.667. The van der Waals surface area contributed by atoms with Gasteiger partial charge < -0.3 is 0 Å². The summed E-state index contributed by atoms with van der Waals surface area (Å²) in [6, 6.07) is 0. The van der Waals surface area contributed by atoms with Crippen LogP contribution in [0.4, 0.5) is 0 Å². The first kappa shape index (κ1) is 8.72. The average Bonchev–Trinajstić information content (AvgIpc) is 2.46. The molecule has 2 heterocycles. The highest BCUT2D eigenvalue weighted by atomic mass is 16.6. The molecule has 1 N–H and O–H groups in total. The maximum absolute atomic E-state index is 11.4. The Morgan fingerprint density at radius 3 is 3.31 bits per heavy atom. The zero-order valence-electron chi connectivity index (χ0n) is 7.75. The predicted octanol–water partition coefficient (Wildman–Crippen LogP) is -0.0741. The minimum atomic E-state index is -0.0981. The molecule has 0 aromatic carbocycles. The van der Waals surface area contributed by atoms with Gasteiger partial charge in [0.05, 0.1) is 7.11 Å². The molecular formula is C9H14N2O2. The Morgan fingerprint density at radius 2 is 2.62 bits per heavy atom. The lowest BCUT2D eigenvalue weighted by atomic mass is 10.0. The fourth-order valence-corrected chi connectivity index (χ4v) is 2.03. The minimum Gasteiger partial charge on any atom is -0.298 e. The van der Waals surface area contributed by atoms with Gasteiger partial charge in [0.15, 0.2) is 0 Å². The number of hydrogen-bond acceptors (Lipinski definition) is 3. The molecule has 4 heteroatoms. The van der Waals surface area contributed by atoms with Crippen LogP contribution in [0, 0.1) is 5.92 Å². The molecule has 2 rings (SSSR count). The van der Waals surface area contributed by atoms with E-state index in [1.807, 2.05) is 0 Å². The Labute approximate surface area is 77.5 Å². The highest BCUT2D eigenvalue weighted by molar-refractivity contribution is 5.93. The van der Waals surface area contributed by atoms with Crippen molar-refractivity contribution in [3.05, 3.63) is 11.6 Å². The molecule has 2 atom stereocenters. The average molecular weight is 182 g/mol. The van der Waals surface area contributed by atoms with Gasteiger partial charge in [-0.3, -0.25) is 14.5 Å². The van der Waals surface area contributed by atoms with Crippen LogP contribution in [0.1, 0.15) is 6.42 Å². The number of nitrogens with one attached hydrogen (secondary N) is 1. The first-order valence-corrected chi connectivity index (χ1v) is 4.56. The standard InChI is InChI=1S/C9H14N2O2/c1-13-10-9(12)8-4-7-2-3-11(5-7)6-8/h4,7H,2-3,5-6H2,1H3,(H,10,12). The summed E-state index contributed by atoms with van der Waals surface area (Å²) in [5, 5.41) is 0. The van der Waals surface area contributed by atoms with Crippen molar-refractivity contribution in [2.45, 2.75) is 6.42 Å². The zero-order chi connectivity index (χ0) is 9.26. The van der Waals surface area contributed by atoms with E-state index in [-0.39, 0.29) is 5.91 Å². The molecule has 72 valence electrons. The molecule has 0 aromatic heterocycles. The first-order chi connectivity index (χ1) is 6.29. The van der Waals surface area contributed by atoms with E-state index >= 15 is 0 Å². The minimum absolute atomic E-state index is 0.0981. The summed E-state index contributed by atoms with van der Waals surface area (Å²) in [7, 11) is 1.45. The van der Waals surface area contributed by atoms with Crippen molar-refractivity contribution >= 4 is 5.91 Å². The van der Waals surface area contributed by atoms with Gasteiger partial charge in [-0.2, -0.15) is 0 Å². The molecule has 2 bridgehead atoms. The van der Waals surface area contributed by atoms with Crippen LogP contribution in [-0.4, -0.2) is 37.6 Å². The van der Waals surface area contributed by atoms with Gasteiger partial charge in [-0.05, 0) is 18.9 Å². The van der Waals surface area contributed by atoms with Crippen LogP contribution in [0.5, 0.6) is 0 Å². The second-order valence-electron chi connectivity index (χ2n) is 3.61. The highest BCUT2D eigenvalue weighted by Gasteiger charge is 2.28.